The number of nitrogens with two attached hydrogens (primary N) is 1. The highest BCUT2D eigenvalue weighted by Crippen LogP contribution is 2.06. The van der Waals surface area contributed by atoms with Gasteiger partial charge in [-0.2, -0.15) is 0 Å². The van der Waals surface area contributed by atoms with Crippen LogP contribution in [0.5, 0.6) is 0 Å². The molecular weight excluding hydrogens is 236 g/mol. The van der Waals surface area contributed by atoms with Crippen molar-refractivity contribution in [3.05, 3.63) is 42.5 Å². The first-order valence-electron chi connectivity index (χ1n) is 5.36. The third kappa shape index (κ3) is 5.97. The summed E-state index contributed by atoms with van der Waals surface area (Å²) in [7, 11) is 0. The summed E-state index contributed by atoms with van der Waals surface area (Å²) in [5, 5.41) is 2.90. The maximum absolute atomic E-state index is 11.6. The van der Waals surface area contributed by atoms with Crippen molar-refractivity contribution >= 4 is 24.0 Å². The van der Waals surface area contributed by atoms with Gasteiger partial charge in [-0.3, -0.25) is 4.79 Å². The van der Waals surface area contributed by atoms with Crippen LogP contribution in [0.15, 0.2) is 36.9 Å². The number of rotatable bonds is 5. The van der Waals surface area contributed by atoms with Crippen LogP contribution in [-0.2, 0) is 11.2 Å². The maximum atomic E-state index is 11.6. The van der Waals surface area contributed by atoms with Gasteiger partial charge in [-0.1, -0.05) is 18.2 Å². The molecular formula is C13H19ClN2O. The molecule has 94 valence electrons. The number of carbonyl (C=O) groups is 1. The van der Waals surface area contributed by atoms with E-state index in [-0.39, 0.29) is 24.4 Å². The van der Waals surface area contributed by atoms with Crippen molar-refractivity contribution in [2.75, 3.05) is 5.73 Å². The van der Waals surface area contributed by atoms with Crippen LogP contribution in [0.1, 0.15) is 18.9 Å². The van der Waals surface area contributed by atoms with Crippen LogP contribution in [0.3, 0.4) is 0 Å². The van der Waals surface area contributed by atoms with Crippen molar-refractivity contribution in [1.82, 2.24) is 5.32 Å². The van der Waals surface area contributed by atoms with E-state index in [2.05, 4.69) is 11.9 Å². The van der Waals surface area contributed by atoms with E-state index >= 15 is 0 Å². The fourth-order valence-corrected chi connectivity index (χ4v) is 1.46. The molecule has 17 heavy (non-hydrogen) atoms. The number of nitrogens with one attached hydrogen (secondary N) is 1. The number of hydrogen-bond donors (Lipinski definition) is 2. The number of benzene rings is 1. The van der Waals surface area contributed by atoms with Crippen LogP contribution in [0, 0.1) is 0 Å². The number of anilines is 1. The molecule has 1 amide bonds. The molecule has 0 bridgehead atoms. The second-order valence-corrected chi connectivity index (χ2v) is 3.91. The summed E-state index contributed by atoms with van der Waals surface area (Å²) in [4.78, 5) is 11.6. The number of amides is 1. The summed E-state index contributed by atoms with van der Waals surface area (Å²) in [6, 6.07) is 7.48. The van der Waals surface area contributed by atoms with Crippen LogP contribution in [-0.4, -0.2) is 11.9 Å². The third-order valence-corrected chi connectivity index (χ3v) is 2.27. The zero-order valence-electron chi connectivity index (χ0n) is 9.98. The van der Waals surface area contributed by atoms with Crippen molar-refractivity contribution in [3.63, 3.8) is 0 Å². The molecule has 0 heterocycles. The molecule has 0 fully saturated rings. The highest BCUT2D eigenvalue weighted by molar-refractivity contribution is 5.85. The van der Waals surface area contributed by atoms with Gasteiger partial charge in [0.05, 0.1) is 6.42 Å². The minimum Gasteiger partial charge on any atom is -0.399 e. The lowest BCUT2D eigenvalue weighted by molar-refractivity contribution is -0.121. The summed E-state index contributed by atoms with van der Waals surface area (Å²) >= 11 is 0. The van der Waals surface area contributed by atoms with Gasteiger partial charge >= 0.3 is 0 Å². The van der Waals surface area contributed by atoms with Gasteiger partial charge in [0.25, 0.3) is 0 Å². The summed E-state index contributed by atoms with van der Waals surface area (Å²) in [6.07, 6.45) is 2.98. The van der Waals surface area contributed by atoms with E-state index in [1.54, 1.807) is 18.2 Å². The normalized spacial score (nSPS) is 11.1. The highest BCUT2D eigenvalue weighted by Gasteiger charge is 2.06. The van der Waals surface area contributed by atoms with E-state index in [1.807, 2.05) is 19.1 Å². The first kappa shape index (κ1) is 15.5. The number of nitrogen functional groups attached to an aromatic ring is 1. The predicted molar refractivity (Wildman–Crippen MR) is 74.2 cm³/mol. The first-order chi connectivity index (χ1) is 7.61. The molecule has 3 N–H and O–H groups in total. The first-order valence-corrected chi connectivity index (χ1v) is 5.36. The molecule has 0 radical (unpaired) electrons. The fraction of sp³-hybridized carbons (Fsp3) is 0.308. The number of hydrogen-bond acceptors (Lipinski definition) is 2. The number of carbonyl (C=O) groups excluding carboxylic acids is 1. The largest absolute Gasteiger partial charge is 0.399 e. The van der Waals surface area contributed by atoms with Crippen molar-refractivity contribution in [1.29, 1.82) is 0 Å². The van der Waals surface area contributed by atoms with Crippen LogP contribution < -0.4 is 11.1 Å². The minimum absolute atomic E-state index is 0. The summed E-state index contributed by atoms with van der Waals surface area (Å²) in [5.74, 6) is 0.0270. The van der Waals surface area contributed by atoms with Gasteiger partial charge in [0.1, 0.15) is 0 Å². The SMILES string of the molecule is C=CCC(C)NC(=O)Cc1ccc(N)cc1.Cl. The van der Waals surface area contributed by atoms with E-state index in [4.69, 9.17) is 5.73 Å². The molecule has 0 saturated carbocycles. The third-order valence-electron chi connectivity index (χ3n) is 2.27. The van der Waals surface area contributed by atoms with Crippen molar-refractivity contribution in [2.24, 2.45) is 0 Å². The van der Waals surface area contributed by atoms with Gasteiger partial charge in [-0.25, -0.2) is 0 Å². The van der Waals surface area contributed by atoms with E-state index in [0.29, 0.717) is 12.1 Å². The molecule has 0 spiro atoms. The lowest BCUT2D eigenvalue weighted by atomic mass is 10.1. The van der Waals surface area contributed by atoms with Crippen LogP contribution in [0.4, 0.5) is 5.69 Å². The average Bonchev–Trinajstić information content (AvgIpc) is 2.21. The lowest BCUT2D eigenvalue weighted by Crippen LogP contribution is -2.33. The Bertz CT molecular complexity index is 362. The van der Waals surface area contributed by atoms with E-state index in [9.17, 15) is 4.79 Å². The minimum atomic E-state index is 0. The molecule has 1 atom stereocenters. The monoisotopic (exact) mass is 254 g/mol. The van der Waals surface area contributed by atoms with Gasteiger partial charge in [0.2, 0.25) is 5.91 Å². The molecule has 1 aromatic rings. The van der Waals surface area contributed by atoms with E-state index in [1.165, 1.54) is 0 Å². The van der Waals surface area contributed by atoms with Gasteiger partial charge in [-0.15, -0.1) is 19.0 Å². The van der Waals surface area contributed by atoms with Gasteiger partial charge in [-0.05, 0) is 31.0 Å². The quantitative estimate of drug-likeness (QED) is 0.626. The maximum Gasteiger partial charge on any atom is 0.224 e. The van der Waals surface area contributed by atoms with Crippen LogP contribution in [0.25, 0.3) is 0 Å². The molecule has 4 heteroatoms. The molecule has 0 aromatic heterocycles. The molecule has 1 unspecified atom stereocenters. The summed E-state index contributed by atoms with van der Waals surface area (Å²) in [5.41, 5.74) is 7.25. The van der Waals surface area contributed by atoms with E-state index < -0.39 is 0 Å². The highest BCUT2D eigenvalue weighted by atomic mass is 35.5. The average molecular weight is 255 g/mol. The molecule has 0 saturated heterocycles. The molecule has 1 rings (SSSR count). The Kier molecular flexibility index (Phi) is 7.06. The van der Waals surface area contributed by atoms with Crippen molar-refractivity contribution in [3.8, 4) is 0 Å². The zero-order valence-corrected chi connectivity index (χ0v) is 10.8. The summed E-state index contributed by atoms with van der Waals surface area (Å²) in [6.45, 7) is 5.60. The molecule has 0 aliphatic rings. The molecule has 0 aliphatic carbocycles. The van der Waals surface area contributed by atoms with Crippen LogP contribution in [0.2, 0.25) is 0 Å². The Morgan fingerprint density at radius 1 is 1.47 bits per heavy atom. The molecule has 0 aliphatic heterocycles. The van der Waals surface area contributed by atoms with Crippen LogP contribution >= 0.6 is 12.4 Å². The Morgan fingerprint density at radius 3 is 2.59 bits per heavy atom. The smallest absolute Gasteiger partial charge is 0.224 e. The topological polar surface area (TPSA) is 55.1 Å². The molecule has 3 nitrogen and oxygen atoms in total. The Balaban J connectivity index is 0.00000256. The molecule has 1 aromatic carbocycles. The van der Waals surface area contributed by atoms with E-state index in [0.717, 1.165) is 12.0 Å². The predicted octanol–water partition coefficient (Wildman–Crippen LogP) is 2.31. The standard InChI is InChI=1S/C13H18N2O.ClH/c1-3-4-10(2)15-13(16)9-11-5-7-12(14)8-6-11;/h3,5-8,10H,1,4,9,14H2,2H3,(H,15,16);1H. The number of halogens is 1. The second-order valence-electron chi connectivity index (χ2n) is 3.91. The second kappa shape index (κ2) is 7.74. The zero-order chi connectivity index (χ0) is 12.0. The van der Waals surface area contributed by atoms with Gasteiger partial charge in [0.15, 0.2) is 0 Å². The lowest BCUT2D eigenvalue weighted by Gasteiger charge is -2.11. The Hall–Kier alpha value is -1.48. The fourth-order valence-electron chi connectivity index (χ4n) is 1.46. The summed E-state index contributed by atoms with van der Waals surface area (Å²) < 4.78 is 0. The Morgan fingerprint density at radius 2 is 2.06 bits per heavy atom. The Labute approximate surface area is 109 Å². The van der Waals surface area contributed by atoms with Gasteiger partial charge < -0.3 is 11.1 Å². The van der Waals surface area contributed by atoms with Crippen molar-refractivity contribution in [2.45, 2.75) is 25.8 Å². The van der Waals surface area contributed by atoms with Gasteiger partial charge in [0, 0.05) is 11.7 Å². The van der Waals surface area contributed by atoms with Crippen molar-refractivity contribution < 1.29 is 4.79 Å².